The summed E-state index contributed by atoms with van der Waals surface area (Å²) in [6.07, 6.45) is 1.69. The molecule has 0 aliphatic carbocycles. The molecule has 3 aromatic rings. The minimum Gasteiger partial charge on any atom is -0.490 e. The predicted octanol–water partition coefficient (Wildman–Crippen LogP) is 3.99. The standard InChI is InChI=1S/C21H16O5/c1-2-23-16-9-5-7-14-17-12(10-24-19(14)16)11-25-20-13-6-3-4-8-15(13)26-21(22)18(17)20/h3-9,11,17H,2,10H2,1H3. The van der Waals surface area contributed by atoms with Crippen molar-refractivity contribution >= 4 is 11.0 Å². The summed E-state index contributed by atoms with van der Waals surface area (Å²) in [4.78, 5) is 12.8. The van der Waals surface area contributed by atoms with Crippen molar-refractivity contribution in [3.8, 4) is 17.2 Å². The van der Waals surface area contributed by atoms with Crippen LogP contribution in [0, 0.1) is 0 Å². The van der Waals surface area contributed by atoms with E-state index in [0.717, 1.165) is 16.5 Å². The van der Waals surface area contributed by atoms with Gasteiger partial charge in [0.2, 0.25) is 0 Å². The van der Waals surface area contributed by atoms with Crippen molar-refractivity contribution in [1.29, 1.82) is 0 Å². The van der Waals surface area contributed by atoms with Crippen molar-refractivity contribution in [2.75, 3.05) is 13.2 Å². The maximum absolute atomic E-state index is 12.8. The molecule has 2 aliphatic rings. The Labute approximate surface area is 149 Å². The zero-order valence-corrected chi connectivity index (χ0v) is 14.2. The molecule has 1 atom stereocenters. The van der Waals surface area contributed by atoms with Crippen LogP contribution in [0.1, 0.15) is 24.0 Å². The quantitative estimate of drug-likeness (QED) is 0.655. The van der Waals surface area contributed by atoms with Gasteiger partial charge in [-0.15, -0.1) is 0 Å². The van der Waals surface area contributed by atoms with E-state index in [2.05, 4.69) is 0 Å². The third-order valence-electron chi connectivity index (χ3n) is 4.79. The SMILES string of the molecule is CCOc1cccc2c1OCC1=COc3c(c(=O)oc4ccccc34)C12. The largest absolute Gasteiger partial charge is 0.490 e. The second kappa shape index (κ2) is 5.66. The molecule has 26 heavy (non-hydrogen) atoms. The van der Waals surface area contributed by atoms with E-state index in [0.29, 0.717) is 41.6 Å². The van der Waals surface area contributed by atoms with Crippen LogP contribution >= 0.6 is 0 Å². The molecule has 5 heteroatoms. The highest BCUT2D eigenvalue weighted by atomic mass is 16.5. The summed E-state index contributed by atoms with van der Waals surface area (Å²) < 4.78 is 23.0. The number of rotatable bonds is 2. The van der Waals surface area contributed by atoms with Gasteiger partial charge in [0.1, 0.15) is 17.9 Å². The predicted molar refractivity (Wildman–Crippen MR) is 96.1 cm³/mol. The van der Waals surface area contributed by atoms with Gasteiger partial charge in [-0.3, -0.25) is 0 Å². The van der Waals surface area contributed by atoms with E-state index in [4.69, 9.17) is 18.6 Å². The molecule has 3 heterocycles. The van der Waals surface area contributed by atoms with Gasteiger partial charge >= 0.3 is 5.63 Å². The fraction of sp³-hybridized carbons (Fsp3) is 0.190. The molecule has 0 spiro atoms. The van der Waals surface area contributed by atoms with E-state index >= 15 is 0 Å². The molecule has 130 valence electrons. The number of para-hydroxylation sites is 2. The highest BCUT2D eigenvalue weighted by Gasteiger charge is 2.37. The van der Waals surface area contributed by atoms with E-state index < -0.39 is 0 Å². The Morgan fingerprint density at radius 1 is 1.12 bits per heavy atom. The minimum absolute atomic E-state index is 0.260. The fourth-order valence-electron chi connectivity index (χ4n) is 3.71. The van der Waals surface area contributed by atoms with Crippen LogP contribution in [0.15, 0.2) is 63.5 Å². The van der Waals surface area contributed by atoms with Crippen LogP contribution in [0.5, 0.6) is 17.2 Å². The topological polar surface area (TPSA) is 57.9 Å². The number of ether oxygens (including phenoxy) is 3. The van der Waals surface area contributed by atoms with Gasteiger partial charge < -0.3 is 18.6 Å². The lowest BCUT2D eigenvalue weighted by Crippen LogP contribution is -2.27. The monoisotopic (exact) mass is 348 g/mol. The van der Waals surface area contributed by atoms with Crippen LogP contribution in [-0.4, -0.2) is 13.2 Å². The number of hydrogen-bond donors (Lipinski definition) is 0. The Hall–Kier alpha value is -3.21. The zero-order valence-electron chi connectivity index (χ0n) is 14.2. The summed E-state index contributed by atoms with van der Waals surface area (Å²) in [5.41, 5.74) is 2.42. The minimum atomic E-state index is -0.385. The Balaban J connectivity index is 1.79. The Bertz CT molecular complexity index is 1110. The van der Waals surface area contributed by atoms with Gasteiger partial charge in [-0.05, 0) is 25.1 Å². The number of fused-ring (bicyclic) bond motifs is 7. The van der Waals surface area contributed by atoms with Crippen LogP contribution in [-0.2, 0) is 0 Å². The molecule has 0 saturated carbocycles. The second-order valence-corrected chi connectivity index (χ2v) is 6.27. The van der Waals surface area contributed by atoms with Crippen LogP contribution < -0.4 is 19.8 Å². The lowest BCUT2D eigenvalue weighted by molar-refractivity contribution is 0.271. The van der Waals surface area contributed by atoms with E-state index in [1.807, 2.05) is 43.3 Å². The summed E-state index contributed by atoms with van der Waals surface area (Å²) in [5, 5.41) is 0.784. The zero-order chi connectivity index (χ0) is 17.7. The van der Waals surface area contributed by atoms with E-state index in [9.17, 15) is 4.79 Å². The van der Waals surface area contributed by atoms with Crippen molar-refractivity contribution in [3.05, 3.63) is 75.8 Å². The highest BCUT2D eigenvalue weighted by Crippen LogP contribution is 2.49. The molecule has 0 amide bonds. The number of benzene rings is 2. The van der Waals surface area contributed by atoms with Gasteiger partial charge in [0.05, 0.1) is 29.7 Å². The van der Waals surface area contributed by atoms with Crippen molar-refractivity contribution in [2.24, 2.45) is 0 Å². The molecule has 5 rings (SSSR count). The first kappa shape index (κ1) is 15.1. The van der Waals surface area contributed by atoms with E-state index in [1.165, 1.54) is 0 Å². The molecule has 2 aromatic carbocycles. The van der Waals surface area contributed by atoms with Gasteiger partial charge in [-0.1, -0.05) is 24.3 Å². The maximum Gasteiger partial charge on any atom is 0.344 e. The van der Waals surface area contributed by atoms with Crippen LogP contribution in [0.2, 0.25) is 0 Å². The molecular weight excluding hydrogens is 332 g/mol. The van der Waals surface area contributed by atoms with Gasteiger partial charge in [0.15, 0.2) is 11.5 Å². The molecule has 0 radical (unpaired) electrons. The Morgan fingerprint density at radius 2 is 2.00 bits per heavy atom. The first-order valence-corrected chi connectivity index (χ1v) is 8.57. The molecule has 2 aliphatic heterocycles. The van der Waals surface area contributed by atoms with Crippen molar-refractivity contribution in [2.45, 2.75) is 12.8 Å². The average Bonchev–Trinajstić information content (AvgIpc) is 2.67. The molecule has 0 N–H and O–H groups in total. The molecule has 1 aromatic heterocycles. The Morgan fingerprint density at radius 3 is 2.88 bits per heavy atom. The normalized spacial score (nSPS) is 17.3. The number of hydrogen-bond acceptors (Lipinski definition) is 5. The molecule has 0 fully saturated rings. The van der Waals surface area contributed by atoms with Crippen LogP contribution in [0.3, 0.4) is 0 Å². The molecule has 0 bridgehead atoms. The molecule has 0 saturated heterocycles. The van der Waals surface area contributed by atoms with Gasteiger partial charge in [-0.25, -0.2) is 4.79 Å². The van der Waals surface area contributed by atoms with Crippen molar-refractivity contribution in [1.82, 2.24) is 0 Å². The van der Waals surface area contributed by atoms with Gasteiger partial charge in [-0.2, -0.15) is 0 Å². The highest BCUT2D eigenvalue weighted by molar-refractivity contribution is 5.85. The second-order valence-electron chi connectivity index (χ2n) is 6.27. The average molecular weight is 348 g/mol. The van der Waals surface area contributed by atoms with Crippen molar-refractivity contribution in [3.63, 3.8) is 0 Å². The maximum atomic E-state index is 12.8. The van der Waals surface area contributed by atoms with Gasteiger partial charge in [0.25, 0.3) is 0 Å². The Kier molecular flexibility index (Phi) is 3.28. The van der Waals surface area contributed by atoms with E-state index in [-0.39, 0.29) is 11.5 Å². The summed E-state index contributed by atoms with van der Waals surface area (Å²) in [6, 6.07) is 13.1. The summed E-state index contributed by atoms with van der Waals surface area (Å²) >= 11 is 0. The molecule has 1 unspecified atom stereocenters. The first-order valence-electron chi connectivity index (χ1n) is 8.57. The van der Waals surface area contributed by atoms with Crippen LogP contribution in [0.25, 0.3) is 11.0 Å². The fourth-order valence-corrected chi connectivity index (χ4v) is 3.71. The summed E-state index contributed by atoms with van der Waals surface area (Å²) in [5.74, 6) is 1.66. The van der Waals surface area contributed by atoms with E-state index in [1.54, 1.807) is 12.3 Å². The summed E-state index contributed by atoms with van der Waals surface area (Å²) in [6.45, 7) is 2.81. The lowest BCUT2D eigenvalue weighted by atomic mass is 9.82. The molecular formula is C21H16O5. The third-order valence-corrected chi connectivity index (χ3v) is 4.79. The lowest BCUT2D eigenvalue weighted by Gasteiger charge is -2.32. The van der Waals surface area contributed by atoms with Gasteiger partial charge in [0, 0.05) is 11.1 Å². The van der Waals surface area contributed by atoms with Crippen molar-refractivity contribution < 1.29 is 18.6 Å². The third kappa shape index (κ3) is 2.07. The smallest absolute Gasteiger partial charge is 0.344 e. The van der Waals surface area contributed by atoms with Crippen LogP contribution in [0.4, 0.5) is 0 Å². The molecule has 5 nitrogen and oxygen atoms in total. The summed E-state index contributed by atoms with van der Waals surface area (Å²) in [7, 11) is 0. The first-order chi connectivity index (χ1) is 12.8.